The van der Waals surface area contributed by atoms with E-state index in [0.29, 0.717) is 0 Å². The molecule has 0 aliphatic carbocycles. The van der Waals surface area contributed by atoms with Gasteiger partial charge in [0.15, 0.2) is 0 Å². The number of hydrogen-bond acceptors (Lipinski definition) is 2. The molecule has 0 spiro atoms. The summed E-state index contributed by atoms with van der Waals surface area (Å²) in [6, 6.07) is 20.8. The lowest BCUT2D eigenvalue weighted by molar-refractivity contribution is 0.758. The molecule has 0 bridgehead atoms. The number of nitrogens with zero attached hydrogens (tertiary/aromatic N) is 4. The highest BCUT2D eigenvalue weighted by Gasteiger charge is 2.15. The van der Waals surface area contributed by atoms with E-state index in [2.05, 4.69) is 58.5 Å². The van der Waals surface area contributed by atoms with Gasteiger partial charge in [-0.2, -0.15) is 0 Å². The second-order valence-corrected chi connectivity index (χ2v) is 5.37. The lowest BCUT2D eigenvalue weighted by Gasteiger charge is -2.18. The van der Waals surface area contributed by atoms with Gasteiger partial charge >= 0.3 is 0 Å². The fourth-order valence-corrected chi connectivity index (χ4v) is 2.79. The molecule has 116 valence electrons. The molecule has 4 heteroatoms. The van der Waals surface area contributed by atoms with E-state index in [1.807, 2.05) is 33.7 Å². The molecule has 0 fully saturated rings. The molecule has 0 N–H and O–H groups in total. The van der Waals surface area contributed by atoms with Gasteiger partial charge in [-0.05, 0) is 11.1 Å². The van der Waals surface area contributed by atoms with Crippen molar-refractivity contribution < 1.29 is 0 Å². The molecular formula is C20H16N4. The fraction of sp³-hybridized carbons (Fsp3) is 0. The lowest BCUT2D eigenvalue weighted by atomic mass is 9.97. The van der Waals surface area contributed by atoms with Gasteiger partial charge in [-0.25, -0.2) is 9.97 Å². The monoisotopic (exact) mass is 312 g/mol. The Morgan fingerprint density at radius 1 is 0.625 bits per heavy atom. The van der Waals surface area contributed by atoms with Crippen LogP contribution < -0.4 is 0 Å². The molecule has 0 saturated heterocycles. The van der Waals surface area contributed by atoms with Crippen LogP contribution >= 0.6 is 0 Å². The highest BCUT2D eigenvalue weighted by molar-refractivity contribution is 5.80. The Hall–Kier alpha value is -3.40. The molecule has 24 heavy (non-hydrogen) atoms. The van der Waals surface area contributed by atoms with Gasteiger partial charge in [0, 0.05) is 30.4 Å². The van der Waals surface area contributed by atoms with Gasteiger partial charge in [-0.1, -0.05) is 60.7 Å². The molecule has 2 aromatic heterocycles. The van der Waals surface area contributed by atoms with Crippen LogP contribution in [0.2, 0.25) is 0 Å². The second kappa shape index (κ2) is 6.38. The quantitative estimate of drug-likeness (QED) is 0.574. The molecule has 0 amide bonds. The van der Waals surface area contributed by atoms with Crippen LogP contribution in [0.25, 0.3) is 5.57 Å². The van der Waals surface area contributed by atoms with Gasteiger partial charge in [0.2, 0.25) is 0 Å². The maximum atomic E-state index is 4.22. The van der Waals surface area contributed by atoms with E-state index in [-0.39, 0.29) is 0 Å². The van der Waals surface area contributed by atoms with Crippen molar-refractivity contribution in [2.24, 2.45) is 0 Å². The van der Waals surface area contributed by atoms with Crippen LogP contribution in [0.3, 0.4) is 0 Å². The number of imidazole rings is 2. The fourth-order valence-electron chi connectivity index (χ4n) is 2.79. The third-order valence-electron chi connectivity index (χ3n) is 3.85. The smallest absolute Gasteiger partial charge is 0.131 e. The van der Waals surface area contributed by atoms with E-state index in [1.54, 1.807) is 25.0 Å². The first-order valence-electron chi connectivity index (χ1n) is 7.75. The van der Waals surface area contributed by atoms with Crippen molar-refractivity contribution in [3.63, 3.8) is 0 Å². The van der Waals surface area contributed by atoms with Crippen LogP contribution in [-0.2, 0) is 0 Å². The van der Waals surface area contributed by atoms with Crippen molar-refractivity contribution in [2.45, 2.75) is 0 Å². The Morgan fingerprint density at radius 2 is 1.08 bits per heavy atom. The molecule has 2 aromatic carbocycles. The number of hydrogen-bond donors (Lipinski definition) is 0. The Kier molecular flexibility index (Phi) is 3.78. The largest absolute Gasteiger partial charge is 0.291 e. The molecule has 4 nitrogen and oxygen atoms in total. The molecule has 0 aliphatic heterocycles. The van der Waals surface area contributed by atoms with Crippen molar-refractivity contribution in [3.8, 4) is 0 Å². The summed E-state index contributed by atoms with van der Waals surface area (Å²) in [5.74, 6) is 0.988. The van der Waals surface area contributed by atoms with Gasteiger partial charge in [0.25, 0.3) is 0 Å². The predicted octanol–water partition coefficient (Wildman–Crippen LogP) is 3.82. The summed E-state index contributed by atoms with van der Waals surface area (Å²) in [5.41, 5.74) is 3.40. The van der Waals surface area contributed by atoms with E-state index in [1.165, 1.54) is 0 Å². The number of benzene rings is 2. The van der Waals surface area contributed by atoms with Gasteiger partial charge in [0.1, 0.15) is 18.5 Å². The standard InChI is InChI=1S/C20H16N4/c1-3-7-17(8-4-1)19(18-9-5-2-6-10-18)20(23-13-11-21-15-23)24-14-12-22-16-24/h1-16H. The van der Waals surface area contributed by atoms with Crippen LogP contribution in [0.4, 0.5) is 0 Å². The predicted molar refractivity (Wildman–Crippen MR) is 93.9 cm³/mol. The third kappa shape index (κ3) is 2.65. The molecule has 0 radical (unpaired) electrons. The minimum absolute atomic E-state index is 0.988. The average molecular weight is 312 g/mol. The summed E-state index contributed by atoms with van der Waals surface area (Å²) in [7, 11) is 0. The SMILES string of the molecule is c1ccc(C(=C(n2ccnc2)n2ccnc2)c2ccccc2)cc1. The topological polar surface area (TPSA) is 35.6 Å². The van der Waals surface area contributed by atoms with Crippen molar-refractivity contribution in [1.29, 1.82) is 0 Å². The Balaban J connectivity index is 2.07. The van der Waals surface area contributed by atoms with E-state index in [4.69, 9.17) is 0 Å². The summed E-state index contributed by atoms with van der Waals surface area (Å²) in [6.07, 6.45) is 11.1. The number of aromatic nitrogens is 4. The summed E-state index contributed by atoms with van der Waals surface area (Å²) in [5, 5.41) is 0. The Morgan fingerprint density at radius 3 is 1.46 bits per heavy atom. The van der Waals surface area contributed by atoms with E-state index in [9.17, 15) is 0 Å². The van der Waals surface area contributed by atoms with E-state index in [0.717, 1.165) is 22.5 Å². The van der Waals surface area contributed by atoms with Crippen LogP contribution in [0.5, 0.6) is 0 Å². The average Bonchev–Trinajstić information content (AvgIpc) is 3.35. The Bertz CT molecular complexity index is 844. The maximum absolute atomic E-state index is 4.22. The first kappa shape index (κ1) is 14.2. The van der Waals surface area contributed by atoms with E-state index < -0.39 is 0 Å². The van der Waals surface area contributed by atoms with E-state index >= 15 is 0 Å². The molecule has 0 aliphatic rings. The van der Waals surface area contributed by atoms with Crippen molar-refractivity contribution in [1.82, 2.24) is 19.1 Å². The minimum atomic E-state index is 0.988. The molecular weight excluding hydrogens is 296 g/mol. The van der Waals surface area contributed by atoms with Crippen LogP contribution in [0, 0.1) is 5.82 Å². The van der Waals surface area contributed by atoms with Gasteiger partial charge in [-0.15, -0.1) is 0 Å². The molecule has 0 unspecified atom stereocenters. The molecule has 4 rings (SSSR count). The zero-order valence-electron chi connectivity index (χ0n) is 13.0. The maximum Gasteiger partial charge on any atom is 0.131 e. The molecule has 2 heterocycles. The Labute approximate surface area is 140 Å². The zero-order valence-corrected chi connectivity index (χ0v) is 13.0. The summed E-state index contributed by atoms with van der Waals surface area (Å²) < 4.78 is 4.02. The van der Waals surface area contributed by atoms with Gasteiger partial charge in [0.05, 0.1) is 0 Å². The van der Waals surface area contributed by atoms with Crippen molar-refractivity contribution in [3.05, 3.63) is 115 Å². The zero-order chi connectivity index (χ0) is 16.2. The first-order valence-corrected chi connectivity index (χ1v) is 7.75. The highest BCUT2D eigenvalue weighted by atomic mass is 15.2. The minimum Gasteiger partial charge on any atom is -0.291 e. The van der Waals surface area contributed by atoms with Crippen LogP contribution in [0.15, 0.2) is 98.1 Å². The van der Waals surface area contributed by atoms with Crippen molar-refractivity contribution >= 4 is 5.57 Å². The molecule has 0 saturated carbocycles. The first-order chi connectivity index (χ1) is 11.9. The second-order valence-electron chi connectivity index (χ2n) is 5.37. The molecule has 4 aromatic rings. The highest BCUT2D eigenvalue weighted by Crippen LogP contribution is 2.27. The third-order valence-corrected chi connectivity index (χ3v) is 3.85. The number of rotatable bonds is 4. The van der Waals surface area contributed by atoms with Crippen molar-refractivity contribution in [2.75, 3.05) is 0 Å². The summed E-state index contributed by atoms with van der Waals surface area (Å²) in [6.45, 7) is 0. The molecule has 0 atom stereocenters. The van der Waals surface area contributed by atoms with Gasteiger partial charge in [-0.3, -0.25) is 9.13 Å². The summed E-state index contributed by atoms with van der Waals surface area (Å²) in [4.78, 5) is 8.44. The summed E-state index contributed by atoms with van der Waals surface area (Å²) >= 11 is 0. The lowest BCUT2D eigenvalue weighted by Crippen LogP contribution is -2.12. The normalized spacial score (nSPS) is 10.5. The van der Waals surface area contributed by atoms with Crippen LogP contribution in [0.1, 0.15) is 11.1 Å². The van der Waals surface area contributed by atoms with Gasteiger partial charge < -0.3 is 0 Å². The van der Waals surface area contributed by atoms with Crippen LogP contribution in [-0.4, -0.2) is 19.1 Å².